The zero-order valence-corrected chi connectivity index (χ0v) is 17.8. The molecule has 1 amide bonds. The summed E-state index contributed by atoms with van der Waals surface area (Å²) < 4.78 is 0. The summed E-state index contributed by atoms with van der Waals surface area (Å²) in [5.74, 6) is 2.25. The number of likely N-dealkylation sites (tertiary alicyclic amines) is 1. The average molecular weight is 432 g/mol. The smallest absolute Gasteiger partial charge is 0.255 e. The predicted octanol–water partition coefficient (Wildman–Crippen LogP) is 3.88. The van der Waals surface area contributed by atoms with E-state index in [9.17, 15) is 4.79 Å². The third kappa shape index (κ3) is 4.54. The molecule has 142 valence electrons. The first-order chi connectivity index (χ1) is 11.7. The molecule has 2 aliphatic heterocycles. The standard InChI is InChI=1S/C18H21N3OS2.2ClH/c1-12-20-15(10-23-12)11-24-17-5-3-2-4-16(17)18(22)21-8-13-6-19-7-14(13)9-21;;/h2-5,10,13-14,19H,6-9,11H2,1H3;2*1H/t13-,14+;;. The first-order valence-corrected chi connectivity index (χ1v) is 10.2. The second kappa shape index (κ2) is 9.42. The van der Waals surface area contributed by atoms with Gasteiger partial charge in [0.15, 0.2) is 0 Å². The Morgan fingerprint density at radius 1 is 1.27 bits per heavy atom. The van der Waals surface area contributed by atoms with E-state index < -0.39 is 0 Å². The highest BCUT2D eigenvalue weighted by Crippen LogP contribution is 2.31. The number of nitrogens with one attached hydrogen (secondary N) is 1. The molecule has 0 bridgehead atoms. The minimum atomic E-state index is 0. The van der Waals surface area contributed by atoms with Crippen LogP contribution in [0.5, 0.6) is 0 Å². The van der Waals surface area contributed by atoms with Gasteiger partial charge >= 0.3 is 0 Å². The highest BCUT2D eigenvalue weighted by atomic mass is 35.5. The Bertz CT molecular complexity index is 744. The molecule has 1 aromatic heterocycles. The Balaban J connectivity index is 0.00000121. The average Bonchev–Trinajstić information content (AvgIpc) is 3.28. The molecule has 1 aromatic carbocycles. The van der Waals surface area contributed by atoms with Crippen LogP contribution in [0.25, 0.3) is 0 Å². The maximum absolute atomic E-state index is 13.0. The lowest BCUT2D eigenvalue weighted by molar-refractivity contribution is 0.0778. The molecular formula is C18H23Cl2N3OS2. The zero-order chi connectivity index (χ0) is 16.5. The SMILES string of the molecule is Cc1nc(CSc2ccccc2C(=O)N2C[C@H]3CNC[C@H]3C2)cs1.Cl.Cl. The number of aryl methyl sites for hydroxylation is 1. The Labute approximate surface area is 175 Å². The number of thiazole rings is 1. The highest BCUT2D eigenvalue weighted by Gasteiger charge is 2.38. The van der Waals surface area contributed by atoms with Crippen molar-refractivity contribution >= 4 is 53.8 Å². The molecule has 2 fully saturated rings. The quantitative estimate of drug-likeness (QED) is 0.745. The lowest BCUT2D eigenvalue weighted by Gasteiger charge is -2.19. The van der Waals surface area contributed by atoms with Gasteiger partial charge in [-0.15, -0.1) is 47.9 Å². The Kier molecular flexibility index (Phi) is 7.79. The summed E-state index contributed by atoms with van der Waals surface area (Å²) in [5.41, 5.74) is 1.92. The van der Waals surface area contributed by atoms with Crippen molar-refractivity contribution < 1.29 is 4.79 Å². The van der Waals surface area contributed by atoms with Crippen LogP contribution in [0, 0.1) is 18.8 Å². The lowest BCUT2D eigenvalue weighted by Crippen LogP contribution is -2.32. The van der Waals surface area contributed by atoms with Gasteiger partial charge in [0.2, 0.25) is 0 Å². The molecule has 1 N–H and O–H groups in total. The molecule has 0 radical (unpaired) electrons. The van der Waals surface area contributed by atoms with E-state index >= 15 is 0 Å². The number of rotatable bonds is 4. The molecule has 8 heteroatoms. The first-order valence-electron chi connectivity index (χ1n) is 8.33. The molecule has 0 unspecified atom stereocenters. The van der Waals surface area contributed by atoms with Crippen LogP contribution in [0.3, 0.4) is 0 Å². The minimum absolute atomic E-state index is 0. The summed E-state index contributed by atoms with van der Waals surface area (Å²) in [6.45, 7) is 5.90. The van der Waals surface area contributed by atoms with Crippen molar-refractivity contribution in [3.8, 4) is 0 Å². The van der Waals surface area contributed by atoms with Gasteiger partial charge in [0.25, 0.3) is 5.91 Å². The number of carbonyl (C=O) groups excluding carboxylic acids is 1. The van der Waals surface area contributed by atoms with Crippen LogP contribution < -0.4 is 5.32 Å². The van der Waals surface area contributed by atoms with Crippen LogP contribution in [0.15, 0.2) is 34.5 Å². The first kappa shape index (κ1) is 21.5. The Morgan fingerprint density at radius 2 is 1.96 bits per heavy atom. The molecule has 26 heavy (non-hydrogen) atoms. The molecule has 0 aliphatic carbocycles. The number of benzene rings is 1. The topological polar surface area (TPSA) is 45.2 Å². The summed E-state index contributed by atoms with van der Waals surface area (Å²) in [6.07, 6.45) is 0. The van der Waals surface area contributed by atoms with Crippen LogP contribution in [0.4, 0.5) is 0 Å². The summed E-state index contributed by atoms with van der Waals surface area (Å²) in [5, 5.41) is 6.62. The van der Waals surface area contributed by atoms with E-state index in [1.165, 1.54) is 0 Å². The molecule has 3 heterocycles. The number of fused-ring (bicyclic) bond motifs is 1. The maximum atomic E-state index is 13.0. The summed E-state index contributed by atoms with van der Waals surface area (Å²) in [4.78, 5) is 20.6. The van der Waals surface area contributed by atoms with Crippen LogP contribution in [0.1, 0.15) is 21.1 Å². The number of aromatic nitrogens is 1. The second-order valence-electron chi connectivity index (χ2n) is 6.53. The van der Waals surface area contributed by atoms with Crippen LogP contribution >= 0.6 is 47.9 Å². The van der Waals surface area contributed by atoms with E-state index in [1.54, 1.807) is 23.1 Å². The van der Waals surface area contributed by atoms with Crippen LogP contribution in [-0.2, 0) is 5.75 Å². The van der Waals surface area contributed by atoms with Gasteiger partial charge in [-0.1, -0.05) is 12.1 Å². The molecule has 2 aliphatic rings. The molecule has 0 spiro atoms. The van der Waals surface area contributed by atoms with Gasteiger partial charge in [-0.25, -0.2) is 4.98 Å². The van der Waals surface area contributed by atoms with Gasteiger partial charge in [0.05, 0.1) is 16.3 Å². The van der Waals surface area contributed by atoms with Gasteiger partial charge < -0.3 is 10.2 Å². The monoisotopic (exact) mass is 431 g/mol. The number of halogens is 2. The highest BCUT2D eigenvalue weighted by molar-refractivity contribution is 7.98. The lowest BCUT2D eigenvalue weighted by atomic mass is 10.0. The number of amides is 1. The summed E-state index contributed by atoms with van der Waals surface area (Å²) in [7, 11) is 0. The fraction of sp³-hybridized carbons (Fsp3) is 0.444. The Morgan fingerprint density at radius 3 is 2.62 bits per heavy atom. The Hall–Kier alpha value is -0.790. The van der Waals surface area contributed by atoms with Crippen molar-refractivity contribution in [2.75, 3.05) is 26.2 Å². The van der Waals surface area contributed by atoms with Gasteiger partial charge in [-0.3, -0.25) is 4.79 Å². The number of hydrogen-bond acceptors (Lipinski definition) is 5. The molecule has 0 saturated carbocycles. The summed E-state index contributed by atoms with van der Waals surface area (Å²) in [6, 6.07) is 7.98. The number of carbonyl (C=O) groups is 1. The third-order valence-corrected chi connectivity index (χ3v) is 6.77. The van der Waals surface area contributed by atoms with E-state index in [2.05, 4.69) is 21.7 Å². The van der Waals surface area contributed by atoms with Gasteiger partial charge in [0, 0.05) is 42.2 Å². The predicted molar refractivity (Wildman–Crippen MR) is 113 cm³/mol. The van der Waals surface area contributed by atoms with Crippen molar-refractivity contribution in [1.29, 1.82) is 0 Å². The zero-order valence-electron chi connectivity index (χ0n) is 14.5. The van der Waals surface area contributed by atoms with Crippen molar-refractivity contribution in [3.05, 3.63) is 45.9 Å². The minimum Gasteiger partial charge on any atom is -0.338 e. The van der Waals surface area contributed by atoms with E-state index in [1.807, 2.05) is 30.0 Å². The number of thioether (sulfide) groups is 1. The third-order valence-electron chi connectivity index (χ3n) is 4.84. The van der Waals surface area contributed by atoms with E-state index in [0.29, 0.717) is 11.8 Å². The van der Waals surface area contributed by atoms with E-state index in [0.717, 1.165) is 53.1 Å². The fourth-order valence-electron chi connectivity index (χ4n) is 3.59. The maximum Gasteiger partial charge on any atom is 0.255 e. The molecule has 4 rings (SSSR count). The van der Waals surface area contributed by atoms with Gasteiger partial charge in [0.1, 0.15) is 0 Å². The van der Waals surface area contributed by atoms with E-state index in [-0.39, 0.29) is 30.7 Å². The largest absolute Gasteiger partial charge is 0.338 e. The molecular weight excluding hydrogens is 409 g/mol. The van der Waals surface area contributed by atoms with Crippen molar-refractivity contribution in [3.63, 3.8) is 0 Å². The molecule has 4 nitrogen and oxygen atoms in total. The van der Waals surface area contributed by atoms with Crippen molar-refractivity contribution in [2.24, 2.45) is 11.8 Å². The van der Waals surface area contributed by atoms with Crippen LogP contribution in [0.2, 0.25) is 0 Å². The summed E-state index contributed by atoms with van der Waals surface area (Å²) >= 11 is 3.38. The van der Waals surface area contributed by atoms with Crippen LogP contribution in [-0.4, -0.2) is 42.0 Å². The number of hydrogen-bond donors (Lipinski definition) is 1. The number of nitrogens with zero attached hydrogens (tertiary/aromatic N) is 2. The van der Waals surface area contributed by atoms with Crippen molar-refractivity contribution in [1.82, 2.24) is 15.2 Å². The van der Waals surface area contributed by atoms with E-state index in [4.69, 9.17) is 0 Å². The second-order valence-corrected chi connectivity index (χ2v) is 8.61. The molecule has 2 aromatic rings. The van der Waals surface area contributed by atoms with Gasteiger partial charge in [-0.05, 0) is 30.9 Å². The fourth-order valence-corrected chi connectivity index (χ4v) is 5.24. The van der Waals surface area contributed by atoms with Gasteiger partial charge in [-0.2, -0.15) is 0 Å². The molecule has 2 atom stereocenters. The van der Waals surface area contributed by atoms with Crippen molar-refractivity contribution in [2.45, 2.75) is 17.6 Å². The normalized spacial score (nSPS) is 21.0. The molecule has 2 saturated heterocycles.